The first-order valence-electron chi connectivity index (χ1n) is 41.2. The summed E-state index contributed by atoms with van der Waals surface area (Å²) in [6, 6.07) is 9.42. The van der Waals surface area contributed by atoms with Crippen molar-refractivity contribution in [3.05, 3.63) is 267 Å². The number of nitrogens with two attached hydrogens (primary N) is 4. The molecule has 10 heterocycles. The largest absolute Gasteiger partial charge is 0.493 e. The number of aromatic nitrogens is 14. The minimum atomic E-state index is -4.72. The predicted molar refractivity (Wildman–Crippen MR) is 502 cm³/mol. The second kappa shape index (κ2) is 41.3. The van der Waals surface area contributed by atoms with Gasteiger partial charge in [-0.25, -0.2) is 67.4 Å². The summed E-state index contributed by atoms with van der Waals surface area (Å²) in [5.74, 6) is -2.38. The van der Waals surface area contributed by atoms with Gasteiger partial charge in [-0.05, 0) is 113 Å². The summed E-state index contributed by atoms with van der Waals surface area (Å²) < 4.78 is 182. The third kappa shape index (κ3) is 20.2. The number of nitrogen functional groups attached to an aromatic ring is 4. The number of allylic oxidation sites excluding steroid dienone is 8. The van der Waals surface area contributed by atoms with Crippen LogP contribution in [0.2, 0.25) is 40.7 Å². The second-order valence-electron chi connectivity index (χ2n) is 30.9. The van der Waals surface area contributed by atoms with E-state index in [0.29, 0.717) is 90.3 Å². The van der Waals surface area contributed by atoms with Crippen molar-refractivity contribution in [1.82, 2.24) is 67.4 Å². The minimum absolute atomic E-state index is 0.0432. The number of fused-ring (bicyclic) bond motifs is 4. The molecule has 16 rings (SSSR count). The van der Waals surface area contributed by atoms with Crippen molar-refractivity contribution in [3.8, 4) is 57.0 Å². The molecule has 136 heavy (non-hydrogen) atoms. The number of hydrogen-bond acceptors (Lipinski definition) is 22. The zero-order valence-electron chi connectivity index (χ0n) is 73.6. The quantitative estimate of drug-likeness (QED) is 0.0458. The van der Waals surface area contributed by atoms with E-state index in [4.69, 9.17) is 144 Å². The Kier molecular flexibility index (Phi) is 30.6. The van der Waals surface area contributed by atoms with E-state index in [1.54, 1.807) is 119 Å². The van der Waals surface area contributed by atoms with E-state index in [1.807, 2.05) is 41.5 Å². The fourth-order valence-corrected chi connectivity index (χ4v) is 17.3. The number of imidazole rings is 4. The zero-order chi connectivity index (χ0) is 99.0. The Morgan fingerprint density at radius 1 is 0.390 bits per heavy atom. The van der Waals surface area contributed by atoms with E-state index >= 15 is 17.6 Å². The Balaban J connectivity index is 0.000000154. The smallest absolute Gasteiger partial charge is 0.433 e. The first-order valence-corrected chi connectivity index (χ1v) is 44.2. The van der Waals surface area contributed by atoms with Gasteiger partial charge in [-0.3, -0.25) is 27.2 Å². The Morgan fingerprint density at radius 3 is 0.890 bits per heavy atom. The summed E-state index contributed by atoms with van der Waals surface area (Å²) in [5, 5.41) is -0.0300. The van der Waals surface area contributed by atoms with Crippen LogP contribution in [0.4, 0.5) is 67.2 Å². The molecule has 0 saturated carbocycles. The summed E-state index contributed by atoms with van der Waals surface area (Å²) in [6.45, 7) is 18.3. The van der Waals surface area contributed by atoms with Gasteiger partial charge < -0.3 is 51.4 Å². The van der Waals surface area contributed by atoms with E-state index in [9.17, 15) is 35.9 Å². The maximum atomic E-state index is 15.5. The molecule has 0 amide bonds. The SMILES string of the molecule is CC(C)Oc1c([C@@H](C)c2nc(Cl)c3c(N)nccn23)cc(Cl)c(F)c1C1=CCC(=O)C=C1.CC(C)Oc1c([C@H](C)c2nc(Cl)c3c(N)nccn23)cc(Cl)c(F)c1C1=CCC(=O)C=C1.CCOc1c([C@@H](C)c2nc(Cl)c3c(N)nccn23)cc(Cl)c(F)c1-c1ccc(C(F)(F)F)nc1OC.CCOc1c([C@H](C)c2nc(Cl)c3c(N)nccn23)cc(Cl)c(F)c1-c1ccc(C(F)(F)F)nc1OC. The molecular formula is C92H80Cl8F10N18O8. The van der Waals surface area contributed by atoms with Gasteiger partial charge in [0.25, 0.3) is 0 Å². The average Bonchev–Trinajstić information content (AvgIpc) is 1.65. The Bertz CT molecular complexity index is 6770. The summed E-state index contributed by atoms with van der Waals surface area (Å²) in [6.07, 6.45) is 12.5. The van der Waals surface area contributed by atoms with Gasteiger partial charge in [0.2, 0.25) is 11.8 Å². The van der Waals surface area contributed by atoms with Crippen molar-refractivity contribution < 1.29 is 81.9 Å². The summed E-state index contributed by atoms with van der Waals surface area (Å²) >= 11 is 50.5. The van der Waals surface area contributed by atoms with Crippen LogP contribution in [0.3, 0.4) is 0 Å². The van der Waals surface area contributed by atoms with Crippen LogP contribution >= 0.6 is 92.8 Å². The van der Waals surface area contributed by atoms with Gasteiger partial charge in [0.05, 0.1) is 93.1 Å². The van der Waals surface area contributed by atoms with E-state index < -0.39 is 82.4 Å². The highest BCUT2D eigenvalue weighted by atomic mass is 35.5. The van der Waals surface area contributed by atoms with Crippen molar-refractivity contribution in [2.24, 2.45) is 0 Å². The number of pyridine rings is 2. The van der Waals surface area contributed by atoms with E-state index in [1.165, 1.54) is 36.7 Å². The van der Waals surface area contributed by atoms with Crippen molar-refractivity contribution in [3.63, 3.8) is 0 Å². The van der Waals surface area contributed by atoms with Crippen LogP contribution in [-0.4, -0.2) is 119 Å². The number of methoxy groups -OCH3 is 2. The first kappa shape index (κ1) is 101. The van der Waals surface area contributed by atoms with Gasteiger partial charge in [-0.1, -0.05) is 145 Å². The molecule has 0 fully saturated rings. The highest BCUT2D eigenvalue weighted by Gasteiger charge is 2.39. The molecule has 14 aromatic rings. The van der Waals surface area contributed by atoms with Crippen LogP contribution in [-0.2, 0) is 21.9 Å². The molecule has 10 aromatic heterocycles. The predicted octanol–water partition coefficient (Wildman–Crippen LogP) is 24.0. The van der Waals surface area contributed by atoms with Crippen LogP contribution in [0.5, 0.6) is 34.8 Å². The van der Waals surface area contributed by atoms with E-state index in [2.05, 4.69) is 49.8 Å². The van der Waals surface area contributed by atoms with Crippen LogP contribution in [0.1, 0.15) is 174 Å². The summed E-state index contributed by atoms with van der Waals surface area (Å²) in [4.78, 5) is 64.3. The second-order valence-corrected chi connectivity index (χ2v) is 34.0. The van der Waals surface area contributed by atoms with E-state index in [0.717, 1.165) is 38.5 Å². The molecule has 4 aromatic carbocycles. The Hall–Kier alpha value is -12.4. The van der Waals surface area contributed by atoms with Gasteiger partial charge >= 0.3 is 12.4 Å². The standard InChI is InChI=1S/2C23H19Cl2F4N5O2.2C23H21Cl2FN4O2/c2*1-4-36-18-12(10(2)21-33-19(25)17-20(30)31-7-8-34(17)21)9-13(24)16(26)15(18)11-5-6-14(23(27,28)29)32-22(11)35-3;2*1-11(2)32-20-15(10-16(24)18(26)17(20)13-4-6-14(31)7-5-13)12(3)23-29-21(25)19-22(27)28-8-9-30(19)23/h2*5-10H,4H2,1-3H3,(H2,30,31);2*4-6,8-12H,7H2,1-3H3,(H2,27,28)/t2*10-;2*12-/m1010/s1. The fourth-order valence-electron chi connectivity index (χ4n) is 15.4. The number of benzene rings is 4. The molecule has 8 N–H and O–H groups in total. The normalized spacial score (nSPS) is 13.7. The monoisotopic (exact) mass is 2030 g/mol. The third-order valence-corrected chi connectivity index (χ3v) is 23.7. The number of carbonyl (C=O) groups is 2. The average molecular weight is 2040 g/mol. The van der Waals surface area contributed by atoms with Crippen LogP contribution in [0.15, 0.2) is 135 Å². The lowest BCUT2D eigenvalue weighted by molar-refractivity contribution is -0.142. The number of anilines is 4. The maximum Gasteiger partial charge on any atom is 0.433 e. The minimum Gasteiger partial charge on any atom is -0.493 e. The van der Waals surface area contributed by atoms with Gasteiger partial charge in [0, 0.05) is 108 Å². The highest BCUT2D eigenvalue weighted by Crippen LogP contribution is 2.52. The third-order valence-electron chi connectivity index (χ3n) is 21.5. The maximum absolute atomic E-state index is 15.5. The number of rotatable bonds is 22. The molecule has 0 unspecified atom stereocenters. The van der Waals surface area contributed by atoms with Crippen LogP contribution < -0.4 is 51.4 Å². The summed E-state index contributed by atoms with van der Waals surface area (Å²) in [5.41, 5.74) is 26.3. The molecule has 0 aliphatic heterocycles. The van der Waals surface area contributed by atoms with Gasteiger partial charge in [0.1, 0.15) is 79.8 Å². The molecule has 0 saturated heterocycles. The Labute approximate surface area is 809 Å². The molecular weight excluding hydrogens is 1960 g/mol. The van der Waals surface area contributed by atoms with Crippen LogP contribution in [0.25, 0.3) is 55.5 Å². The summed E-state index contributed by atoms with van der Waals surface area (Å²) in [7, 11) is 2.27. The van der Waals surface area contributed by atoms with Crippen LogP contribution in [0, 0.1) is 23.3 Å². The van der Waals surface area contributed by atoms with Gasteiger partial charge in [0.15, 0.2) is 78.7 Å². The lowest BCUT2D eigenvalue weighted by atomic mass is 9.91. The molecule has 0 radical (unpaired) electrons. The molecule has 44 heteroatoms. The lowest BCUT2D eigenvalue weighted by Crippen LogP contribution is -2.14. The number of ketones is 2. The fraction of sp³-hybridized carbons (Fsp3) is 0.261. The first-order chi connectivity index (χ1) is 64.3. The molecule has 2 aliphatic rings. The van der Waals surface area contributed by atoms with Crippen molar-refractivity contribution in [2.45, 2.75) is 130 Å². The molecule has 712 valence electrons. The molecule has 26 nitrogen and oxygen atoms in total. The van der Waals surface area contributed by atoms with Gasteiger partial charge in [-0.15, -0.1) is 0 Å². The molecule has 4 atom stereocenters. The topological polar surface area (TPSA) is 340 Å². The van der Waals surface area contributed by atoms with E-state index in [-0.39, 0.29) is 159 Å². The number of nitrogens with zero attached hydrogens (tertiary/aromatic N) is 14. The highest BCUT2D eigenvalue weighted by molar-refractivity contribution is 6.35. The Morgan fingerprint density at radius 2 is 0.654 bits per heavy atom. The van der Waals surface area contributed by atoms with Crippen molar-refractivity contribution >= 4 is 161 Å². The van der Waals surface area contributed by atoms with Crippen molar-refractivity contribution in [2.75, 3.05) is 50.4 Å². The number of alkyl halides is 6. The molecule has 0 bridgehead atoms. The number of hydrogen-bond donors (Lipinski definition) is 4. The number of ether oxygens (including phenoxy) is 6. The molecule has 0 spiro atoms. The lowest BCUT2D eigenvalue weighted by Gasteiger charge is -2.23. The van der Waals surface area contributed by atoms with Crippen molar-refractivity contribution in [1.29, 1.82) is 0 Å². The molecule has 2 aliphatic carbocycles. The number of halogens is 18. The zero-order valence-corrected chi connectivity index (χ0v) is 79.7. The number of carbonyl (C=O) groups excluding carboxylic acids is 2. The van der Waals surface area contributed by atoms with Gasteiger partial charge in [-0.2, -0.15) is 26.3 Å².